The van der Waals surface area contributed by atoms with Gasteiger partial charge in [-0.25, -0.2) is 0 Å². The van der Waals surface area contributed by atoms with E-state index in [4.69, 9.17) is 4.74 Å². The summed E-state index contributed by atoms with van der Waals surface area (Å²) in [4.78, 5) is 22.5. The molecule has 0 spiro atoms. The summed E-state index contributed by atoms with van der Waals surface area (Å²) in [5.74, 6) is -0.939. The first-order chi connectivity index (χ1) is 11.5. The van der Waals surface area contributed by atoms with Gasteiger partial charge in [0.15, 0.2) is 0 Å². The van der Waals surface area contributed by atoms with Crippen molar-refractivity contribution in [3.63, 3.8) is 0 Å². The van der Waals surface area contributed by atoms with Crippen LogP contribution >= 0.6 is 0 Å². The summed E-state index contributed by atoms with van der Waals surface area (Å²) in [5.41, 5.74) is 2.46. The lowest BCUT2D eigenvalue weighted by molar-refractivity contribution is -0.384. The number of anilines is 1. The van der Waals surface area contributed by atoms with Crippen LogP contribution in [0.15, 0.2) is 36.4 Å². The SMILES string of the molecule is O=C(Nc1cccc2c1C1CCC2O1)c1ccc([N+](=O)[O-])cc1O. The fraction of sp³-hybridized carbons (Fsp3) is 0.235. The van der Waals surface area contributed by atoms with Crippen molar-refractivity contribution in [3.05, 3.63) is 63.2 Å². The van der Waals surface area contributed by atoms with Gasteiger partial charge < -0.3 is 15.2 Å². The first-order valence-corrected chi connectivity index (χ1v) is 7.61. The largest absolute Gasteiger partial charge is 0.507 e. The number of hydrogen-bond donors (Lipinski definition) is 2. The van der Waals surface area contributed by atoms with Gasteiger partial charge in [-0.2, -0.15) is 0 Å². The van der Waals surface area contributed by atoms with Gasteiger partial charge in [-0.15, -0.1) is 0 Å². The number of carbonyl (C=O) groups is 1. The lowest BCUT2D eigenvalue weighted by Crippen LogP contribution is -2.15. The Bertz CT molecular complexity index is 864. The van der Waals surface area contributed by atoms with Gasteiger partial charge in [-0.3, -0.25) is 14.9 Å². The van der Waals surface area contributed by atoms with E-state index < -0.39 is 16.6 Å². The number of nitrogens with one attached hydrogen (secondary N) is 1. The molecule has 1 amide bonds. The van der Waals surface area contributed by atoms with Crippen molar-refractivity contribution in [3.8, 4) is 5.75 Å². The maximum Gasteiger partial charge on any atom is 0.273 e. The molecule has 1 saturated heterocycles. The number of nitro benzene ring substituents is 1. The molecule has 7 heteroatoms. The first-order valence-electron chi connectivity index (χ1n) is 7.61. The number of aromatic hydroxyl groups is 1. The molecule has 122 valence electrons. The van der Waals surface area contributed by atoms with Crippen LogP contribution in [0.25, 0.3) is 0 Å². The molecule has 0 saturated carbocycles. The van der Waals surface area contributed by atoms with Crippen LogP contribution in [0.4, 0.5) is 11.4 Å². The summed E-state index contributed by atoms with van der Waals surface area (Å²) >= 11 is 0. The third kappa shape index (κ3) is 2.21. The van der Waals surface area contributed by atoms with Crippen molar-refractivity contribution in [2.45, 2.75) is 25.0 Å². The molecular weight excluding hydrogens is 312 g/mol. The molecule has 2 aromatic carbocycles. The highest BCUT2D eigenvalue weighted by molar-refractivity contribution is 6.06. The summed E-state index contributed by atoms with van der Waals surface area (Å²) in [6.07, 6.45) is 1.99. The average molecular weight is 326 g/mol. The van der Waals surface area contributed by atoms with E-state index in [1.165, 1.54) is 12.1 Å². The van der Waals surface area contributed by atoms with Gasteiger partial charge in [0.1, 0.15) is 5.75 Å². The molecule has 2 N–H and O–H groups in total. The molecule has 2 bridgehead atoms. The number of benzene rings is 2. The van der Waals surface area contributed by atoms with Gasteiger partial charge in [0, 0.05) is 17.3 Å². The minimum Gasteiger partial charge on any atom is -0.507 e. The number of carbonyl (C=O) groups excluding carboxylic acids is 1. The minimum atomic E-state index is -0.625. The number of non-ortho nitro benzene ring substituents is 1. The van der Waals surface area contributed by atoms with Crippen molar-refractivity contribution >= 4 is 17.3 Å². The van der Waals surface area contributed by atoms with E-state index in [2.05, 4.69) is 5.32 Å². The van der Waals surface area contributed by atoms with E-state index in [0.29, 0.717) is 5.69 Å². The molecule has 0 radical (unpaired) electrons. The van der Waals surface area contributed by atoms with E-state index in [0.717, 1.165) is 30.0 Å². The fourth-order valence-electron chi connectivity index (χ4n) is 3.43. The Morgan fingerprint density at radius 3 is 2.79 bits per heavy atom. The van der Waals surface area contributed by atoms with Gasteiger partial charge in [0.2, 0.25) is 0 Å². The summed E-state index contributed by atoms with van der Waals surface area (Å²) < 4.78 is 5.86. The number of amides is 1. The lowest BCUT2D eigenvalue weighted by Gasteiger charge is -2.16. The van der Waals surface area contributed by atoms with Crippen molar-refractivity contribution in [2.24, 2.45) is 0 Å². The molecule has 2 atom stereocenters. The second-order valence-corrected chi connectivity index (χ2v) is 5.91. The van der Waals surface area contributed by atoms with E-state index in [-0.39, 0.29) is 23.5 Å². The van der Waals surface area contributed by atoms with Crippen molar-refractivity contribution < 1.29 is 19.6 Å². The molecule has 2 aromatic rings. The minimum absolute atomic E-state index is 0.00745. The quantitative estimate of drug-likeness (QED) is 0.664. The number of fused-ring (bicyclic) bond motifs is 5. The van der Waals surface area contributed by atoms with E-state index in [9.17, 15) is 20.0 Å². The van der Waals surface area contributed by atoms with Gasteiger partial charge in [-0.1, -0.05) is 12.1 Å². The van der Waals surface area contributed by atoms with E-state index >= 15 is 0 Å². The standard InChI is InChI=1S/C17H14N2O5/c20-13-8-9(19(22)23)4-5-10(13)17(21)18-12-3-1-2-11-14-6-7-15(24-14)16(11)12/h1-5,8,14-15,20H,6-7H2,(H,18,21). The van der Waals surface area contributed by atoms with Gasteiger partial charge in [0.05, 0.1) is 28.8 Å². The van der Waals surface area contributed by atoms with E-state index in [1.807, 2.05) is 12.1 Å². The maximum absolute atomic E-state index is 12.4. The van der Waals surface area contributed by atoms with Crippen LogP contribution in [0.5, 0.6) is 5.75 Å². The average Bonchev–Trinajstić information content (AvgIpc) is 3.17. The van der Waals surface area contributed by atoms with Crippen molar-refractivity contribution in [1.82, 2.24) is 0 Å². The second-order valence-electron chi connectivity index (χ2n) is 5.91. The number of phenolic OH excluding ortho intramolecular Hbond substituents is 1. The van der Waals surface area contributed by atoms with Crippen LogP contribution in [0.2, 0.25) is 0 Å². The Morgan fingerprint density at radius 1 is 1.25 bits per heavy atom. The Kier molecular flexibility index (Phi) is 3.24. The molecule has 2 aliphatic rings. The highest BCUT2D eigenvalue weighted by Crippen LogP contribution is 2.52. The number of phenols is 1. The second kappa shape index (κ2) is 5.31. The Morgan fingerprint density at radius 2 is 2.04 bits per heavy atom. The summed E-state index contributed by atoms with van der Waals surface area (Å²) in [5, 5.41) is 23.4. The zero-order valence-corrected chi connectivity index (χ0v) is 12.6. The third-order valence-corrected chi connectivity index (χ3v) is 4.51. The van der Waals surface area contributed by atoms with Crippen LogP contribution < -0.4 is 5.32 Å². The Balaban J connectivity index is 1.63. The molecule has 2 heterocycles. The van der Waals surface area contributed by atoms with Crippen LogP contribution in [0.3, 0.4) is 0 Å². The monoisotopic (exact) mass is 326 g/mol. The lowest BCUT2D eigenvalue weighted by atomic mass is 9.90. The normalized spacial score (nSPS) is 20.7. The zero-order valence-electron chi connectivity index (χ0n) is 12.6. The van der Waals surface area contributed by atoms with Crippen LogP contribution in [-0.4, -0.2) is 15.9 Å². The van der Waals surface area contributed by atoms with Gasteiger partial charge in [-0.05, 0) is 30.5 Å². The molecular formula is C17H14N2O5. The predicted octanol–water partition coefficient (Wildman–Crippen LogP) is 3.46. The summed E-state index contributed by atoms with van der Waals surface area (Å²) in [7, 11) is 0. The predicted molar refractivity (Wildman–Crippen MR) is 85.0 cm³/mol. The maximum atomic E-state index is 12.4. The molecule has 2 aliphatic heterocycles. The van der Waals surface area contributed by atoms with Crippen molar-refractivity contribution in [1.29, 1.82) is 0 Å². The van der Waals surface area contributed by atoms with Crippen LogP contribution in [0.1, 0.15) is 46.5 Å². The van der Waals surface area contributed by atoms with Crippen molar-refractivity contribution in [2.75, 3.05) is 5.32 Å². The van der Waals surface area contributed by atoms with Gasteiger partial charge >= 0.3 is 0 Å². The fourth-order valence-corrected chi connectivity index (χ4v) is 3.43. The Labute approximate surface area is 137 Å². The summed E-state index contributed by atoms with van der Waals surface area (Å²) in [6.45, 7) is 0. The van der Waals surface area contributed by atoms with Crippen LogP contribution in [-0.2, 0) is 4.74 Å². The molecule has 0 aliphatic carbocycles. The Hall–Kier alpha value is -2.93. The molecule has 7 nitrogen and oxygen atoms in total. The number of rotatable bonds is 3. The number of hydrogen-bond acceptors (Lipinski definition) is 5. The molecule has 0 aromatic heterocycles. The molecule has 4 rings (SSSR count). The first kappa shape index (κ1) is 14.6. The third-order valence-electron chi connectivity index (χ3n) is 4.51. The number of nitrogens with zero attached hydrogens (tertiary/aromatic N) is 1. The highest BCUT2D eigenvalue weighted by atomic mass is 16.6. The zero-order chi connectivity index (χ0) is 16.8. The highest BCUT2D eigenvalue weighted by Gasteiger charge is 2.39. The summed E-state index contributed by atoms with van der Waals surface area (Å²) in [6, 6.07) is 9.05. The molecule has 24 heavy (non-hydrogen) atoms. The van der Waals surface area contributed by atoms with Gasteiger partial charge in [0.25, 0.3) is 11.6 Å². The molecule has 1 fully saturated rings. The number of ether oxygens (including phenoxy) is 1. The number of nitro groups is 1. The smallest absolute Gasteiger partial charge is 0.273 e. The topological polar surface area (TPSA) is 102 Å². The van der Waals surface area contributed by atoms with Crippen LogP contribution in [0, 0.1) is 10.1 Å². The van der Waals surface area contributed by atoms with E-state index in [1.54, 1.807) is 6.07 Å². The molecule has 2 unspecified atom stereocenters.